The smallest absolute Gasteiger partial charge is 0.337 e. The number of carboxylic acids is 1. The van der Waals surface area contributed by atoms with Crippen LogP contribution >= 0.6 is 23.2 Å². The Morgan fingerprint density at radius 2 is 1.68 bits per heavy atom. The lowest BCUT2D eigenvalue weighted by molar-refractivity contribution is -0.117. The Bertz CT molecular complexity index is 717. The molecule has 0 spiro atoms. The van der Waals surface area contributed by atoms with Crippen molar-refractivity contribution in [2.45, 2.75) is 12.8 Å². The number of amides is 1. The van der Waals surface area contributed by atoms with Gasteiger partial charge in [-0.1, -0.05) is 53.5 Å². The number of hydrogen-bond donors (Lipinski definition) is 2. The van der Waals surface area contributed by atoms with Crippen molar-refractivity contribution < 1.29 is 14.7 Å². The van der Waals surface area contributed by atoms with Gasteiger partial charge in [0.05, 0.1) is 27.2 Å². The standard InChI is InChI=1S/C16H13Cl2NO3/c1-9(10-5-3-2-4-6-10)15(20)19-14-8-13(18)12(17)7-11(14)16(21)22/h2-9H,1H3,(H,19,20)(H,21,22). The molecular weight excluding hydrogens is 325 g/mol. The fourth-order valence-corrected chi connectivity index (χ4v) is 2.29. The summed E-state index contributed by atoms with van der Waals surface area (Å²) in [5.41, 5.74) is 0.842. The summed E-state index contributed by atoms with van der Waals surface area (Å²) in [6.07, 6.45) is 0. The summed E-state index contributed by atoms with van der Waals surface area (Å²) < 4.78 is 0. The summed E-state index contributed by atoms with van der Waals surface area (Å²) in [4.78, 5) is 23.6. The Kier molecular flexibility index (Phi) is 5.06. The number of rotatable bonds is 4. The van der Waals surface area contributed by atoms with Crippen LogP contribution in [-0.2, 0) is 4.79 Å². The first-order chi connectivity index (χ1) is 10.4. The number of aromatic carboxylic acids is 1. The van der Waals surface area contributed by atoms with Gasteiger partial charge in [0.1, 0.15) is 0 Å². The average molecular weight is 338 g/mol. The molecule has 4 nitrogen and oxygen atoms in total. The fourth-order valence-electron chi connectivity index (χ4n) is 1.96. The third-order valence-electron chi connectivity index (χ3n) is 3.24. The van der Waals surface area contributed by atoms with Gasteiger partial charge < -0.3 is 10.4 Å². The Balaban J connectivity index is 2.28. The zero-order chi connectivity index (χ0) is 16.3. The van der Waals surface area contributed by atoms with Crippen molar-refractivity contribution >= 4 is 40.8 Å². The first kappa shape index (κ1) is 16.3. The second-order valence-corrected chi connectivity index (χ2v) is 5.55. The van der Waals surface area contributed by atoms with Crippen molar-refractivity contribution in [2.75, 3.05) is 5.32 Å². The molecule has 0 saturated carbocycles. The quantitative estimate of drug-likeness (QED) is 0.866. The molecule has 0 aliphatic rings. The summed E-state index contributed by atoms with van der Waals surface area (Å²) in [6, 6.07) is 11.7. The third-order valence-corrected chi connectivity index (χ3v) is 3.96. The third kappa shape index (κ3) is 3.59. The Labute approximate surface area is 137 Å². The van der Waals surface area contributed by atoms with E-state index >= 15 is 0 Å². The van der Waals surface area contributed by atoms with Gasteiger partial charge in [-0.2, -0.15) is 0 Å². The molecule has 2 rings (SSSR count). The van der Waals surface area contributed by atoms with Crippen LogP contribution in [0.4, 0.5) is 5.69 Å². The highest BCUT2D eigenvalue weighted by Crippen LogP contribution is 2.30. The molecule has 2 aromatic rings. The average Bonchev–Trinajstić information content (AvgIpc) is 2.50. The van der Waals surface area contributed by atoms with Crippen molar-refractivity contribution in [2.24, 2.45) is 0 Å². The highest BCUT2D eigenvalue weighted by Gasteiger charge is 2.19. The van der Waals surface area contributed by atoms with Crippen molar-refractivity contribution in [3.05, 3.63) is 63.6 Å². The number of anilines is 1. The predicted octanol–water partition coefficient (Wildman–Crippen LogP) is 4.43. The number of carbonyl (C=O) groups excluding carboxylic acids is 1. The van der Waals surface area contributed by atoms with Crippen LogP contribution in [0.1, 0.15) is 28.8 Å². The Hall–Kier alpha value is -2.04. The predicted molar refractivity (Wildman–Crippen MR) is 86.9 cm³/mol. The summed E-state index contributed by atoms with van der Waals surface area (Å²) in [7, 11) is 0. The molecule has 2 aromatic carbocycles. The summed E-state index contributed by atoms with van der Waals surface area (Å²) >= 11 is 11.7. The van der Waals surface area contributed by atoms with Crippen LogP contribution in [0.2, 0.25) is 10.0 Å². The van der Waals surface area contributed by atoms with Crippen molar-refractivity contribution in [1.29, 1.82) is 0 Å². The normalized spacial score (nSPS) is 11.8. The van der Waals surface area contributed by atoms with E-state index in [1.54, 1.807) is 6.92 Å². The number of hydrogen-bond acceptors (Lipinski definition) is 2. The first-order valence-corrected chi connectivity index (χ1v) is 7.24. The van der Waals surface area contributed by atoms with Crippen LogP contribution < -0.4 is 5.32 Å². The van der Waals surface area contributed by atoms with Crippen molar-refractivity contribution in [3.8, 4) is 0 Å². The zero-order valence-electron chi connectivity index (χ0n) is 11.6. The maximum atomic E-state index is 12.3. The van der Waals surface area contributed by atoms with Gasteiger partial charge in [-0.3, -0.25) is 4.79 Å². The highest BCUT2D eigenvalue weighted by molar-refractivity contribution is 6.42. The van der Waals surface area contributed by atoms with Crippen molar-refractivity contribution in [3.63, 3.8) is 0 Å². The minimum absolute atomic E-state index is 0.108. The molecule has 0 fully saturated rings. The molecule has 1 unspecified atom stereocenters. The number of benzene rings is 2. The largest absolute Gasteiger partial charge is 0.478 e. The lowest BCUT2D eigenvalue weighted by atomic mass is 10.0. The van der Waals surface area contributed by atoms with Gasteiger partial charge >= 0.3 is 5.97 Å². The van der Waals surface area contributed by atoms with Crippen LogP contribution in [0.15, 0.2) is 42.5 Å². The number of carbonyl (C=O) groups is 2. The van der Waals surface area contributed by atoms with Gasteiger partial charge in [0, 0.05) is 0 Å². The van der Waals surface area contributed by atoms with Crippen LogP contribution in [0.5, 0.6) is 0 Å². The number of halogens is 2. The topological polar surface area (TPSA) is 66.4 Å². The second-order valence-electron chi connectivity index (χ2n) is 4.74. The van der Waals surface area contributed by atoms with Gasteiger partial charge in [0.15, 0.2) is 0 Å². The van der Waals surface area contributed by atoms with E-state index in [0.717, 1.165) is 5.56 Å². The molecule has 0 aliphatic carbocycles. The molecule has 0 radical (unpaired) electrons. The Morgan fingerprint density at radius 3 is 2.27 bits per heavy atom. The zero-order valence-corrected chi connectivity index (χ0v) is 13.2. The summed E-state index contributed by atoms with van der Waals surface area (Å²) in [5, 5.41) is 12.1. The van der Waals surface area contributed by atoms with E-state index < -0.39 is 11.9 Å². The number of nitrogens with one attached hydrogen (secondary N) is 1. The second kappa shape index (κ2) is 6.81. The lowest BCUT2D eigenvalue weighted by Crippen LogP contribution is -2.20. The van der Waals surface area contributed by atoms with Gasteiger partial charge in [0.2, 0.25) is 5.91 Å². The molecule has 0 heterocycles. The monoisotopic (exact) mass is 337 g/mol. The van der Waals surface area contributed by atoms with E-state index in [9.17, 15) is 14.7 Å². The Morgan fingerprint density at radius 1 is 1.09 bits per heavy atom. The number of carboxylic acid groups (broad SMARTS) is 1. The van der Waals surface area contributed by atoms with Gasteiger partial charge in [-0.15, -0.1) is 0 Å². The van der Waals surface area contributed by atoms with Gasteiger partial charge in [0.25, 0.3) is 0 Å². The van der Waals surface area contributed by atoms with Gasteiger partial charge in [-0.05, 0) is 24.6 Å². The molecule has 2 N–H and O–H groups in total. The summed E-state index contributed by atoms with van der Waals surface area (Å²) in [6.45, 7) is 1.74. The molecular formula is C16H13Cl2NO3. The fraction of sp³-hybridized carbons (Fsp3) is 0.125. The lowest BCUT2D eigenvalue weighted by Gasteiger charge is -2.14. The first-order valence-electron chi connectivity index (χ1n) is 6.48. The SMILES string of the molecule is CC(C(=O)Nc1cc(Cl)c(Cl)cc1C(=O)O)c1ccccc1. The minimum atomic E-state index is -1.19. The highest BCUT2D eigenvalue weighted by atomic mass is 35.5. The molecule has 114 valence electrons. The van der Waals surface area contributed by atoms with E-state index in [-0.39, 0.29) is 27.2 Å². The maximum absolute atomic E-state index is 12.3. The molecule has 1 amide bonds. The van der Waals surface area contributed by atoms with E-state index in [1.165, 1.54) is 12.1 Å². The van der Waals surface area contributed by atoms with E-state index in [2.05, 4.69) is 5.32 Å². The minimum Gasteiger partial charge on any atom is -0.478 e. The van der Waals surface area contributed by atoms with Crippen LogP contribution in [-0.4, -0.2) is 17.0 Å². The van der Waals surface area contributed by atoms with Crippen molar-refractivity contribution in [1.82, 2.24) is 0 Å². The molecule has 1 atom stereocenters. The van der Waals surface area contributed by atoms with Crippen LogP contribution in [0.3, 0.4) is 0 Å². The molecule has 0 aromatic heterocycles. The molecule has 0 bridgehead atoms. The van der Waals surface area contributed by atoms with E-state index in [1.807, 2.05) is 30.3 Å². The molecule has 0 aliphatic heterocycles. The van der Waals surface area contributed by atoms with E-state index in [0.29, 0.717) is 0 Å². The van der Waals surface area contributed by atoms with Crippen LogP contribution in [0, 0.1) is 0 Å². The van der Waals surface area contributed by atoms with Crippen LogP contribution in [0.25, 0.3) is 0 Å². The maximum Gasteiger partial charge on any atom is 0.337 e. The molecule has 6 heteroatoms. The van der Waals surface area contributed by atoms with Gasteiger partial charge in [-0.25, -0.2) is 4.79 Å². The summed E-state index contributed by atoms with van der Waals surface area (Å²) in [5.74, 6) is -1.95. The van der Waals surface area contributed by atoms with E-state index in [4.69, 9.17) is 23.2 Å². The molecule has 22 heavy (non-hydrogen) atoms. The molecule has 0 saturated heterocycles.